The molecule has 0 unspecified atom stereocenters. The number of hydrogen-bond acceptors (Lipinski definition) is 4. The first kappa shape index (κ1) is 10.6. The fourth-order valence-corrected chi connectivity index (χ4v) is 1.21. The highest BCUT2D eigenvalue weighted by atomic mass is 16.6. The van der Waals surface area contributed by atoms with Gasteiger partial charge in [0.2, 0.25) is 0 Å². The van der Waals surface area contributed by atoms with Crippen LogP contribution in [0, 0.1) is 10.1 Å². The van der Waals surface area contributed by atoms with E-state index in [0.717, 1.165) is 18.8 Å². The first-order chi connectivity index (χ1) is 6.67. The summed E-state index contributed by atoms with van der Waals surface area (Å²) in [6.45, 7) is 6.61. The standard InChI is InChI=1S/C8H14N4O2/c1-3-11(4-2)6-7-5-9-8(10-7)12(13)14/h5H,3-4,6H2,1-2H3,(H,9,10). The first-order valence-electron chi connectivity index (χ1n) is 4.58. The number of nitrogens with zero attached hydrogens (tertiary/aromatic N) is 3. The molecule has 78 valence electrons. The van der Waals surface area contributed by atoms with Gasteiger partial charge >= 0.3 is 5.95 Å². The number of imidazole rings is 1. The van der Waals surface area contributed by atoms with E-state index in [9.17, 15) is 10.1 Å². The van der Waals surface area contributed by atoms with Crippen molar-refractivity contribution in [2.24, 2.45) is 0 Å². The molecule has 0 spiro atoms. The van der Waals surface area contributed by atoms with Gasteiger partial charge in [0.15, 0.2) is 0 Å². The second-order valence-corrected chi connectivity index (χ2v) is 2.95. The lowest BCUT2D eigenvalue weighted by atomic mass is 10.4. The van der Waals surface area contributed by atoms with Gasteiger partial charge < -0.3 is 10.1 Å². The van der Waals surface area contributed by atoms with E-state index < -0.39 is 4.92 Å². The predicted octanol–water partition coefficient (Wildman–Crippen LogP) is 1.16. The summed E-state index contributed by atoms with van der Waals surface area (Å²) in [6, 6.07) is 0. The maximum absolute atomic E-state index is 10.3. The SMILES string of the molecule is CCN(CC)Cc1cnc([N+](=O)[O-])[nH]1. The highest BCUT2D eigenvalue weighted by molar-refractivity contribution is 5.10. The van der Waals surface area contributed by atoms with E-state index in [1.54, 1.807) is 0 Å². The summed E-state index contributed by atoms with van der Waals surface area (Å²) in [5, 5.41) is 10.3. The normalized spacial score (nSPS) is 10.8. The van der Waals surface area contributed by atoms with Gasteiger partial charge in [0, 0.05) is 0 Å². The molecule has 0 aliphatic carbocycles. The molecule has 1 aromatic rings. The first-order valence-corrected chi connectivity index (χ1v) is 4.58. The second-order valence-electron chi connectivity index (χ2n) is 2.95. The molecule has 1 heterocycles. The van der Waals surface area contributed by atoms with Crippen molar-refractivity contribution in [2.45, 2.75) is 20.4 Å². The average Bonchev–Trinajstić information content (AvgIpc) is 2.62. The fraction of sp³-hybridized carbons (Fsp3) is 0.625. The van der Waals surface area contributed by atoms with Crippen LogP contribution in [0.25, 0.3) is 0 Å². The van der Waals surface area contributed by atoms with E-state index in [1.807, 2.05) is 13.8 Å². The molecule has 0 fully saturated rings. The number of nitrogens with one attached hydrogen (secondary N) is 1. The Kier molecular flexibility index (Phi) is 3.58. The molecule has 0 atom stereocenters. The third-order valence-electron chi connectivity index (χ3n) is 2.08. The van der Waals surface area contributed by atoms with Gasteiger partial charge in [-0.25, -0.2) is 4.98 Å². The van der Waals surface area contributed by atoms with Crippen LogP contribution in [0.4, 0.5) is 5.95 Å². The van der Waals surface area contributed by atoms with Gasteiger partial charge in [-0.3, -0.25) is 4.90 Å². The van der Waals surface area contributed by atoms with E-state index in [2.05, 4.69) is 14.9 Å². The zero-order valence-electron chi connectivity index (χ0n) is 8.36. The van der Waals surface area contributed by atoms with Crippen LogP contribution >= 0.6 is 0 Å². The Labute approximate surface area is 82.1 Å². The number of H-pyrrole nitrogens is 1. The number of aromatic amines is 1. The van der Waals surface area contributed by atoms with Crippen molar-refractivity contribution in [1.29, 1.82) is 0 Å². The molecule has 14 heavy (non-hydrogen) atoms. The summed E-state index contributed by atoms with van der Waals surface area (Å²) in [5.41, 5.74) is 0.778. The van der Waals surface area contributed by atoms with E-state index >= 15 is 0 Å². The van der Waals surface area contributed by atoms with Gasteiger partial charge in [0.05, 0.1) is 6.54 Å². The van der Waals surface area contributed by atoms with Gasteiger partial charge in [-0.1, -0.05) is 18.8 Å². The van der Waals surface area contributed by atoms with Gasteiger partial charge in [0.25, 0.3) is 0 Å². The Hall–Kier alpha value is -1.43. The third-order valence-corrected chi connectivity index (χ3v) is 2.08. The van der Waals surface area contributed by atoms with Gasteiger partial charge in [-0.05, 0) is 18.0 Å². The van der Waals surface area contributed by atoms with Gasteiger partial charge in [-0.2, -0.15) is 0 Å². The van der Waals surface area contributed by atoms with Crippen molar-refractivity contribution in [3.8, 4) is 0 Å². The van der Waals surface area contributed by atoms with Crippen LogP contribution in [0.5, 0.6) is 0 Å². The third kappa shape index (κ3) is 2.53. The molecule has 0 saturated heterocycles. The molecular weight excluding hydrogens is 184 g/mol. The van der Waals surface area contributed by atoms with Crippen molar-refractivity contribution in [3.05, 3.63) is 22.0 Å². The monoisotopic (exact) mass is 198 g/mol. The van der Waals surface area contributed by atoms with Gasteiger partial charge in [0.1, 0.15) is 11.9 Å². The summed E-state index contributed by atoms with van der Waals surface area (Å²) in [7, 11) is 0. The quantitative estimate of drug-likeness (QED) is 0.569. The fourth-order valence-electron chi connectivity index (χ4n) is 1.21. The summed E-state index contributed by atoms with van der Waals surface area (Å²) in [6.07, 6.45) is 1.51. The Morgan fingerprint density at radius 1 is 1.57 bits per heavy atom. The maximum atomic E-state index is 10.3. The van der Waals surface area contributed by atoms with Gasteiger partial charge in [-0.15, -0.1) is 0 Å². The molecule has 1 aromatic heterocycles. The van der Waals surface area contributed by atoms with E-state index in [-0.39, 0.29) is 5.95 Å². The van der Waals surface area contributed by atoms with Crippen LogP contribution in [0.1, 0.15) is 19.5 Å². The molecule has 0 aromatic carbocycles. The summed E-state index contributed by atoms with van der Waals surface area (Å²) < 4.78 is 0. The molecule has 6 nitrogen and oxygen atoms in total. The minimum atomic E-state index is -0.522. The number of nitro groups is 1. The summed E-state index contributed by atoms with van der Waals surface area (Å²) >= 11 is 0. The maximum Gasteiger partial charge on any atom is 0.432 e. The minimum Gasteiger partial charge on any atom is -0.390 e. The average molecular weight is 198 g/mol. The lowest BCUT2D eigenvalue weighted by Gasteiger charge is -2.14. The molecule has 0 aliphatic heterocycles. The minimum absolute atomic E-state index is 0.188. The second kappa shape index (κ2) is 4.71. The molecule has 0 amide bonds. The molecule has 0 bridgehead atoms. The molecular formula is C8H14N4O2. The lowest BCUT2D eigenvalue weighted by molar-refractivity contribution is -0.393. The molecule has 0 saturated carbocycles. The Bertz CT molecular complexity index is 306. The van der Waals surface area contributed by atoms with Crippen molar-refractivity contribution in [1.82, 2.24) is 14.9 Å². The van der Waals surface area contributed by atoms with Crippen LogP contribution in [-0.4, -0.2) is 32.9 Å². The van der Waals surface area contributed by atoms with E-state index in [4.69, 9.17) is 0 Å². The van der Waals surface area contributed by atoms with Crippen molar-refractivity contribution in [3.63, 3.8) is 0 Å². The molecule has 1 rings (SSSR count). The Morgan fingerprint density at radius 2 is 2.21 bits per heavy atom. The zero-order valence-corrected chi connectivity index (χ0v) is 8.36. The number of hydrogen-bond donors (Lipinski definition) is 1. The van der Waals surface area contributed by atoms with Crippen molar-refractivity contribution in [2.75, 3.05) is 13.1 Å². The molecule has 0 aliphatic rings. The Morgan fingerprint density at radius 3 is 2.64 bits per heavy atom. The summed E-state index contributed by atoms with van der Waals surface area (Å²) in [5.74, 6) is -0.188. The molecule has 1 N–H and O–H groups in total. The highest BCUT2D eigenvalue weighted by Gasteiger charge is 2.12. The van der Waals surface area contributed by atoms with Crippen molar-refractivity contribution >= 4 is 5.95 Å². The Balaban J connectivity index is 2.63. The smallest absolute Gasteiger partial charge is 0.390 e. The summed E-state index contributed by atoms with van der Waals surface area (Å²) in [4.78, 5) is 18.3. The van der Waals surface area contributed by atoms with Crippen molar-refractivity contribution < 1.29 is 4.92 Å². The topological polar surface area (TPSA) is 75.1 Å². The number of rotatable bonds is 5. The lowest BCUT2D eigenvalue weighted by Crippen LogP contribution is -2.22. The number of aromatic nitrogens is 2. The zero-order chi connectivity index (χ0) is 10.6. The predicted molar refractivity (Wildman–Crippen MR) is 51.9 cm³/mol. The molecule has 6 heteroatoms. The largest absolute Gasteiger partial charge is 0.432 e. The van der Waals surface area contributed by atoms with Crippen LogP contribution in [0.2, 0.25) is 0 Å². The van der Waals surface area contributed by atoms with E-state index in [0.29, 0.717) is 6.54 Å². The van der Waals surface area contributed by atoms with E-state index in [1.165, 1.54) is 6.20 Å². The highest BCUT2D eigenvalue weighted by Crippen LogP contribution is 2.07. The van der Waals surface area contributed by atoms with Crippen LogP contribution < -0.4 is 0 Å². The van der Waals surface area contributed by atoms with Crippen LogP contribution in [-0.2, 0) is 6.54 Å². The van der Waals surface area contributed by atoms with Crippen LogP contribution in [0.3, 0.4) is 0 Å². The molecule has 0 radical (unpaired) electrons. The van der Waals surface area contributed by atoms with Crippen LogP contribution in [0.15, 0.2) is 6.20 Å².